The minimum absolute atomic E-state index is 0.378. The molecule has 0 spiro atoms. The van der Waals surface area contributed by atoms with Gasteiger partial charge in [0.1, 0.15) is 0 Å². The van der Waals surface area contributed by atoms with Gasteiger partial charge in [0.2, 0.25) is 0 Å². The molecule has 116 valence electrons. The molecule has 2 aromatic rings. The van der Waals surface area contributed by atoms with Gasteiger partial charge < -0.3 is 10.2 Å². The van der Waals surface area contributed by atoms with E-state index >= 15 is 0 Å². The van der Waals surface area contributed by atoms with Crippen molar-refractivity contribution >= 4 is 16.5 Å². The topological polar surface area (TPSA) is 46.0 Å². The number of hydrogen-bond donors (Lipinski definition) is 1. The van der Waals surface area contributed by atoms with E-state index in [1.54, 1.807) is 11.3 Å². The second-order valence-electron chi connectivity index (χ2n) is 5.30. The molecule has 0 fully saturated rings. The van der Waals surface area contributed by atoms with Crippen molar-refractivity contribution in [3.63, 3.8) is 0 Å². The molecule has 1 N–H and O–H groups in total. The minimum atomic E-state index is 0.378. The van der Waals surface area contributed by atoms with Gasteiger partial charge in [0.25, 0.3) is 0 Å². The molecular formula is C15H25N5S. The number of rotatable bonds is 8. The maximum Gasteiger partial charge on any atom is 0.185 e. The first-order valence-electron chi connectivity index (χ1n) is 7.54. The molecule has 0 aliphatic heterocycles. The van der Waals surface area contributed by atoms with Crippen LogP contribution in [-0.4, -0.2) is 33.9 Å². The molecule has 0 amide bonds. The first-order chi connectivity index (χ1) is 10.1. The number of aryl methyl sites for hydroxylation is 1. The van der Waals surface area contributed by atoms with Crippen LogP contribution < -0.4 is 10.2 Å². The van der Waals surface area contributed by atoms with Crippen molar-refractivity contribution < 1.29 is 0 Å². The normalized spacial score (nSPS) is 12.6. The lowest BCUT2D eigenvalue weighted by molar-refractivity contribution is 0.452. The number of aromatic nitrogens is 3. The largest absolute Gasteiger partial charge is 0.349 e. The summed E-state index contributed by atoms with van der Waals surface area (Å²) in [6, 6.07) is 0.378. The second-order valence-corrected chi connectivity index (χ2v) is 6.40. The Morgan fingerprint density at radius 2 is 2.10 bits per heavy atom. The third-order valence-electron chi connectivity index (χ3n) is 3.42. The SMILES string of the molecule is CCN(CC)c1ncc(CN[C@@H](C)Cn2cc(C)cn2)s1. The maximum atomic E-state index is 4.51. The van der Waals surface area contributed by atoms with E-state index in [1.165, 1.54) is 10.4 Å². The van der Waals surface area contributed by atoms with Crippen molar-refractivity contribution in [3.05, 3.63) is 29.0 Å². The molecule has 21 heavy (non-hydrogen) atoms. The summed E-state index contributed by atoms with van der Waals surface area (Å²) in [4.78, 5) is 8.07. The molecule has 6 heteroatoms. The molecule has 0 saturated heterocycles. The summed E-state index contributed by atoms with van der Waals surface area (Å²) in [6.45, 7) is 12.3. The fourth-order valence-electron chi connectivity index (χ4n) is 2.21. The Hall–Kier alpha value is -1.40. The van der Waals surface area contributed by atoms with Gasteiger partial charge in [0.15, 0.2) is 5.13 Å². The fraction of sp³-hybridized carbons (Fsp3) is 0.600. The molecule has 2 heterocycles. The molecule has 0 saturated carbocycles. The lowest BCUT2D eigenvalue weighted by atomic mass is 10.3. The monoisotopic (exact) mass is 307 g/mol. The van der Waals surface area contributed by atoms with Crippen molar-refractivity contribution in [2.45, 2.75) is 46.8 Å². The number of nitrogens with zero attached hydrogens (tertiary/aromatic N) is 4. The predicted molar refractivity (Wildman–Crippen MR) is 88.9 cm³/mol. The van der Waals surface area contributed by atoms with Crippen molar-refractivity contribution in [1.82, 2.24) is 20.1 Å². The fourth-order valence-corrected chi connectivity index (χ4v) is 3.19. The zero-order chi connectivity index (χ0) is 15.2. The molecule has 0 aromatic carbocycles. The number of thiazole rings is 1. The van der Waals surface area contributed by atoms with Crippen LogP contribution in [0.3, 0.4) is 0 Å². The number of nitrogens with one attached hydrogen (secondary N) is 1. The third kappa shape index (κ3) is 4.54. The molecule has 2 aromatic heterocycles. The van der Waals surface area contributed by atoms with Crippen LogP contribution >= 0.6 is 11.3 Å². The van der Waals surface area contributed by atoms with Crippen LogP contribution in [0.1, 0.15) is 31.2 Å². The standard InChI is InChI=1S/C15H25N5S/c1-5-19(6-2)15-17-9-14(21-15)8-16-13(4)11-20-10-12(3)7-18-20/h7,9-10,13,16H,5-6,8,11H2,1-4H3/t13-/m0/s1. The van der Waals surface area contributed by atoms with Gasteiger partial charge in [0, 0.05) is 42.9 Å². The average Bonchev–Trinajstić information content (AvgIpc) is 3.08. The summed E-state index contributed by atoms with van der Waals surface area (Å²) in [6.07, 6.45) is 5.95. The van der Waals surface area contributed by atoms with Crippen LogP contribution in [0.5, 0.6) is 0 Å². The Kier molecular flexibility index (Phi) is 5.76. The van der Waals surface area contributed by atoms with E-state index in [9.17, 15) is 0 Å². The van der Waals surface area contributed by atoms with E-state index in [4.69, 9.17) is 0 Å². The smallest absolute Gasteiger partial charge is 0.185 e. The highest BCUT2D eigenvalue weighted by Crippen LogP contribution is 2.22. The van der Waals surface area contributed by atoms with Gasteiger partial charge in [-0.3, -0.25) is 4.68 Å². The Morgan fingerprint density at radius 1 is 1.33 bits per heavy atom. The molecule has 0 aliphatic carbocycles. The molecule has 1 atom stereocenters. The average molecular weight is 307 g/mol. The van der Waals surface area contributed by atoms with Crippen LogP contribution in [0.15, 0.2) is 18.6 Å². The predicted octanol–water partition coefficient (Wildman–Crippen LogP) is 2.67. The summed E-state index contributed by atoms with van der Waals surface area (Å²) in [5.41, 5.74) is 1.20. The van der Waals surface area contributed by atoms with Gasteiger partial charge >= 0.3 is 0 Å². The molecule has 0 aliphatic rings. The molecule has 5 nitrogen and oxygen atoms in total. The van der Waals surface area contributed by atoms with Crippen molar-refractivity contribution in [2.24, 2.45) is 0 Å². The lowest BCUT2D eigenvalue weighted by Gasteiger charge is -2.16. The number of anilines is 1. The van der Waals surface area contributed by atoms with E-state index in [2.05, 4.69) is 54.2 Å². The van der Waals surface area contributed by atoms with Crippen molar-refractivity contribution in [2.75, 3.05) is 18.0 Å². The first kappa shape index (κ1) is 16.0. The zero-order valence-corrected chi connectivity index (χ0v) is 14.2. The quantitative estimate of drug-likeness (QED) is 0.814. The Balaban J connectivity index is 1.82. The zero-order valence-electron chi connectivity index (χ0n) is 13.3. The van der Waals surface area contributed by atoms with Crippen molar-refractivity contribution in [3.8, 4) is 0 Å². The summed E-state index contributed by atoms with van der Waals surface area (Å²) in [5.74, 6) is 0. The van der Waals surface area contributed by atoms with E-state index in [0.29, 0.717) is 6.04 Å². The van der Waals surface area contributed by atoms with E-state index in [1.807, 2.05) is 17.1 Å². The van der Waals surface area contributed by atoms with Crippen LogP contribution in [0.4, 0.5) is 5.13 Å². The molecule has 2 rings (SSSR count). The Bertz CT molecular complexity index is 544. The summed E-state index contributed by atoms with van der Waals surface area (Å²) in [5, 5.41) is 8.97. The molecule has 0 unspecified atom stereocenters. The van der Waals surface area contributed by atoms with Gasteiger partial charge in [-0.25, -0.2) is 4.98 Å². The maximum absolute atomic E-state index is 4.51. The Labute approximate surface area is 131 Å². The summed E-state index contributed by atoms with van der Waals surface area (Å²) >= 11 is 1.77. The van der Waals surface area contributed by atoms with E-state index in [0.717, 1.165) is 31.3 Å². The van der Waals surface area contributed by atoms with Gasteiger partial charge in [-0.1, -0.05) is 0 Å². The Morgan fingerprint density at radius 3 is 2.71 bits per heavy atom. The van der Waals surface area contributed by atoms with Crippen LogP contribution in [-0.2, 0) is 13.1 Å². The van der Waals surface area contributed by atoms with Crippen LogP contribution in [0.25, 0.3) is 0 Å². The first-order valence-corrected chi connectivity index (χ1v) is 8.36. The molecule has 0 radical (unpaired) electrons. The number of hydrogen-bond acceptors (Lipinski definition) is 5. The minimum Gasteiger partial charge on any atom is -0.349 e. The highest BCUT2D eigenvalue weighted by molar-refractivity contribution is 7.15. The van der Waals surface area contributed by atoms with E-state index < -0.39 is 0 Å². The van der Waals surface area contributed by atoms with Gasteiger partial charge in [-0.15, -0.1) is 11.3 Å². The second kappa shape index (κ2) is 7.56. The van der Waals surface area contributed by atoms with Gasteiger partial charge in [0.05, 0.1) is 12.7 Å². The van der Waals surface area contributed by atoms with Gasteiger partial charge in [-0.2, -0.15) is 5.10 Å². The summed E-state index contributed by atoms with van der Waals surface area (Å²) < 4.78 is 1.99. The van der Waals surface area contributed by atoms with Crippen LogP contribution in [0, 0.1) is 6.92 Å². The highest BCUT2D eigenvalue weighted by atomic mass is 32.1. The molecular weight excluding hydrogens is 282 g/mol. The highest BCUT2D eigenvalue weighted by Gasteiger charge is 2.09. The van der Waals surface area contributed by atoms with Crippen molar-refractivity contribution in [1.29, 1.82) is 0 Å². The summed E-state index contributed by atoms with van der Waals surface area (Å²) in [7, 11) is 0. The van der Waals surface area contributed by atoms with Crippen LogP contribution in [0.2, 0.25) is 0 Å². The van der Waals surface area contributed by atoms with E-state index in [-0.39, 0.29) is 0 Å². The molecule has 0 bridgehead atoms. The van der Waals surface area contributed by atoms with Gasteiger partial charge in [-0.05, 0) is 33.3 Å². The third-order valence-corrected chi connectivity index (χ3v) is 4.48. The lowest BCUT2D eigenvalue weighted by Crippen LogP contribution is -2.29.